The molecule has 1 N–H and O–H groups in total. The second-order valence-electron chi connectivity index (χ2n) is 6.31. The van der Waals surface area contributed by atoms with Crippen LogP contribution in [0, 0.1) is 5.82 Å². The maximum atomic E-state index is 14.1. The number of rotatable bonds is 5. The molecule has 0 fully saturated rings. The third-order valence-electron chi connectivity index (χ3n) is 4.46. The number of hydrogen-bond donors (Lipinski definition) is 1. The lowest BCUT2D eigenvalue weighted by Gasteiger charge is -2.18. The molecule has 2 aromatic carbocycles. The highest BCUT2D eigenvalue weighted by molar-refractivity contribution is 6.04. The van der Waals surface area contributed by atoms with Crippen LogP contribution in [0.4, 0.5) is 10.1 Å². The standard InChI is InChI=1S/C20H20FNO4/c1-11-10-15(23)19-17(9-8-13(21)18(11)19)26-12(2)20(24)22-14-6-4-5-7-16(14)25-3/h4-9,11-12H,10H2,1-3H3,(H,22,24)/t11-,12-/m1/s1. The van der Waals surface area contributed by atoms with E-state index in [0.717, 1.165) is 0 Å². The van der Waals surface area contributed by atoms with Crippen molar-refractivity contribution in [3.05, 3.63) is 53.3 Å². The first-order chi connectivity index (χ1) is 12.4. The minimum absolute atomic E-state index is 0.167. The van der Waals surface area contributed by atoms with E-state index in [2.05, 4.69) is 5.32 Å². The van der Waals surface area contributed by atoms with Crippen LogP contribution in [0.15, 0.2) is 36.4 Å². The normalized spacial score (nSPS) is 16.8. The summed E-state index contributed by atoms with van der Waals surface area (Å²) in [7, 11) is 1.51. The van der Waals surface area contributed by atoms with E-state index in [4.69, 9.17) is 9.47 Å². The van der Waals surface area contributed by atoms with E-state index in [1.165, 1.54) is 19.2 Å². The van der Waals surface area contributed by atoms with Gasteiger partial charge < -0.3 is 14.8 Å². The number of para-hydroxylation sites is 2. The summed E-state index contributed by atoms with van der Waals surface area (Å²) in [6, 6.07) is 9.68. The van der Waals surface area contributed by atoms with Gasteiger partial charge in [0, 0.05) is 12.0 Å². The molecule has 136 valence electrons. The lowest BCUT2D eigenvalue weighted by atomic mass is 10.0. The quantitative estimate of drug-likeness (QED) is 0.881. The number of carbonyl (C=O) groups is 2. The molecule has 3 rings (SSSR count). The van der Waals surface area contributed by atoms with Crippen molar-refractivity contribution >= 4 is 17.4 Å². The third-order valence-corrected chi connectivity index (χ3v) is 4.46. The highest BCUT2D eigenvalue weighted by Crippen LogP contribution is 2.40. The molecule has 0 aliphatic heterocycles. The van der Waals surface area contributed by atoms with Gasteiger partial charge in [0.2, 0.25) is 0 Å². The highest BCUT2D eigenvalue weighted by atomic mass is 19.1. The Morgan fingerprint density at radius 3 is 2.69 bits per heavy atom. The summed E-state index contributed by atoms with van der Waals surface area (Å²) in [5.74, 6) is -0.417. The van der Waals surface area contributed by atoms with Gasteiger partial charge in [-0.2, -0.15) is 0 Å². The molecule has 0 radical (unpaired) electrons. The van der Waals surface area contributed by atoms with Crippen LogP contribution in [0.25, 0.3) is 0 Å². The van der Waals surface area contributed by atoms with Crippen molar-refractivity contribution in [2.24, 2.45) is 0 Å². The number of fused-ring (bicyclic) bond motifs is 1. The summed E-state index contributed by atoms with van der Waals surface area (Å²) in [5.41, 5.74) is 1.13. The van der Waals surface area contributed by atoms with Crippen LogP contribution in [0.3, 0.4) is 0 Å². The number of anilines is 1. The number of ether oxygens (including phenoxy) is 2. The Morgan fingerprint density at radius 1 is 1.23 bits per heavy atom. The lowest BCUT2D eigenvalue weighted by molar-refractivity contribution is -0.122. The maximum Gasteiger partial charge on any atom is 0.265 e. The largest absolute Gasteiger partial charge is 0.495 e. The molecule has 2 atom stereocenters. The van der Waals surface area contributed by atoms with E-state index in [-0.39, 0.29) is 29.4 Å². The molecule has 1 amide bonds. The molecule has 0 saturated carbocycles. The summed E-state index contributed by atoms with van der Waals surface area (Å²) in [6.07, 6.45) is -0.632. The monoisotopic (exact) mass is 357 g/mol. The van der Waals surface area contributed by atoms with Gasteiger partial charge in [-0.25, -0.2) is 4.39 Å². The van der Waals surface area contributed by atoms with Gasteiger partial charge in [0.15, 0.2) is 11.9 Å². The fourth-order valence-electron chi connectivity index (χ4n) is 3.15. The van der Waals surface area contributed by atoms with Gasteiger partial charge >= 0.3 is 0 Å². The molecule has 6 heteroatoms. The van der Waals surface area contributed by atoms with Crippen molar-refractivity contribution < 1.29 is 23.5 Å². The number of halogens is 1. The van der Waals surface area contributed by atoms with Crippen LogP contribution in [0.2, 0.25) is 0 Å². The van der Waals surface area contributed by atoms with E-state index in [9.17, 15) is 14.0 Å². The topological polar surface area (TPSA) is 64.6 Å². The fourth-order valence-corrected chi connectivity index (χ4v) is 3.15. The number of ketones is 1. The molecule has 0 unspecified atom stereocenters. The molecule has 0 saturated heterocycles. The lowest BCUT2D eigenvalue weighted by Crippen LogP contribution is -2.30. The molecule has 0 spiro atoms. The number of carbonyl (C=O) groups excluding carboxylic acids is 2. The maximum absolute atomic E-state index is 14.1. The van der Waals surface area contributed by atoms with Crippen LogP contribution in [0.1, 0.15) is 42.1 Å². The van der Waals surface area contributed by atoms with Crippen molar-refractivity contribution in [3.63, 3.8) is 0 Å². The molecule has 1 aliphatic rings. The number of hydrogen-bond acceptors (Lipinski definition) is 4. The van der Waals surface area contributed by atoms with Crippen molar-refractivity contribution in [2.45, 2.75) is 32.3 Å². The van der Waals surface area contributed by atoms with Crippen molar-refractivity contribution in [2.75, 3.05) is 12.4 Å². The van der Waals surface area contributed by atoms with E-state index in [1.54, 1.807) is 38.1 Å². The Morgan fingerprint density at radius 2 is 1.96 bits per heavy atom. The van der Waals surface area contributed by atoms with Crippen LogP contribution in [0.5, 0.6) is 11.5 Å². The van der Waals surface area contributed by atoms with Gasteiger partial charge in [0.25, 0.3) is 5.91 Å². The summed E-state index contributed by atoms with van der Waals surface area (Å²) in [5, 5.41) is 2.73. The van der Waals surface area contributed by atoms with Crippen molar-refractivity contribution in [1.29, 1.82) is 0 Å². The molecular weight excluding hydrogens is 337 g/mol. The molecule has 26 heavy (non-hydrogen) atoms. The van der Waals surface area contributed by atoms with E-state index >= 15 is 0 Å². The minimum atomic E-state index is -0.877. The second-order valence-corrected chi connectivity index (χ2v) is 6.31. The first kappa shape index (κ1) is 17.9. The molecule has 0 aromatic heterocycles. The Hall–Kier alpha value is -2.89. The summed E-state index contributed by atoms with van der Waals surface area (Å²) >= 11 is 0. The first-order valence-electron chi connectivity index (χ1n) is 8.38. The predicted molar refractivity (Wildman–Crippen MR) is 95.5 cm³/mol. The van der Waals surface area contributed by atoms with Crippen LogP contribution >= 0.6 is 0 Å². The van der Waals surface area contributed by atoms with E-state index in [1.807, 2.05) is 0 Å². The van der Waals surface area contributed by atoms with Crippen LogP contribution in [-0.4, -0.2) is 24.9 Å². The van der Waals surface area contributed by atoms with E-state index in [0.29, 0.717) is 17.0 Å². The smallest absolute Gasteiger partial charge is 0.265 e. The third kappa shape index (κ3) is 3.27. The number of Topliss-reactive ketones (excluding diaryl/α,β-unsaturated/α-hetero) is 1. The number of benzene rings is 2. The zero-order valence-corrected chi connectivity index (χ0v) is 14.8. The van der Waals surface area contributed by atoms with Crippen molar-refractivity contribution in [1.82, 2.24) is 0 Å². The summed E-state index contributed by atoms with van der Waals surface area (Å²) < 4.78 is 25.0. The van der Waals surface area contributed by atoms with Gasteiger partial charge in [0.05, 0.1) is 18.4 Å². The Labute approximate surface area is 151 Å². The van der Waals surface area contributed by atoms with Gasteiger partial charge in [0.1, 0.15) is 17.3 Å². The molecule has 1 aliphatic carbocycles. The average Bonchev–Trinajstić information content (AvgIpc) is 2.93. The van der Waals surface area contributed by atoms with Crippen LogP contribution in [-0.2, 0) is 4.79 Å². The average molecular weight is 357 g/mol. The molecule has 2 aromatic rings. The fraction of sp³-hybridized carbons (Fsp3) is 0.300. The zero-order valence-electron chi connectivity index (χ0n) is 14.8. The first-order valence-corrected chi connectivity index (χ1v) is 8.38. The summed E-state index contributed by atoms with van der Waals surface area (Å²) in [4.78, 5) is 24.7. The Kier molecular flexibility index (Phi) is 4.93. The second kappa shape index (κ2) is 7.15. The molecular formula is C20H20FNO4. The Bertz CT molecular complexity index is 865. The molecule has 5 nitrogen and oxygen atoms in total. The summed E-state index contributed by atoms with van der Waals surface area (Å²) in [6.45, 7) is 3.37. The predicted octanol–water partition coefficient (Wildman–Crippen LogP) is 3.93. The number of nitrogens with one attached hydrogen (secondary N) is 1. The highest BCUT2D eigenvalue weighted by Gasteiger charge is 2.33. The zero-order chi connectivity index (χ0) is 18.8. The van der Waals surface area contributed by atoms with Crippen molar-refractivity contribution in [3.8, 4) is 11.5 Å². The SMILES string of the molecule is COc1ccccc1NC(=O)[C@@H](C)Oc1ccc(F)c2c1C(=O)C[C@H]2C. The molecule has 0 heterocycles. The van der Waals surface area contributed by atoms with Gasteiger partial charge in [-0.3, -0.25) is 9.59 Å². The van der Waals surface area contributed by atoms with Gasteiger partial charge in [-0.05, 0) is 37.1 Å². The van der Waals surface area contributed by atoms with Gasteiger partial charge in [-0.1, -0.05) is 19.1 Å². The Balaban J connectivity index is 1.80. The molecule has 0 bridgehead atoms. The van der Waals surface area contributed by atoms with Gasteiger partial charge in [-0.15, -0.1) is 0 Å². The number of methoxy groups -OCH3 is 1. The van der Waals surface area contributed by atoms with E-state index < -0.39 is 17.8 Å². The number of amides is 1. The van der Waals surface area contributed by atoms with Crippen LogP contribution < -0.4 is 14.8 Å². The minimum Gasteiger partial charge on any atom is -0.495 e.